The summed E-state index contributed by atoms with van der Waals surface area (Å²) in [5, 5.41) is 0. The maximum Gasteiger partial charge on any atom is 0.105 e. The van der Waals surface area contributed by atoms with Gasteiger partial charge < -0.3 is 0 Å². The minimum Gasteiger partial charge on any atom is -0.0920 e. The summed E-state index contributed by atoms with van der Waals surface area (Å²) in [6.07, 6.45) is 5.32. The quantitative estimate of drug-likeness (QED) is 0.414. The molecule has 0 aliphatic heterocycles. The van der Waals surface area contributed by atoms with E-state index in [0.717, 1.165) is 5.92 Å². The predicted molar refractivity (Wildman–Crippen MR) is 58.9 cm³/mol. The van der Waals surface area contributed by atoms with Gasteiger partial charge in [0.05, 0.1) is 0 Å². The van der Waals surface area contributed by atoms with Crippen molar-refractivity contribution in [2.24, 2.45) is 11.3 Å². The maximum absolute atomic E-state index is 2.39. The molecule has 1 radical (unpaired) electrons. The molecular weight excluding hydrogens is 143 g/mol. The van der Waals surface area contributed by atoms with Gasteiger partial charge in [0, 0.05) is 0 Å². The molecular formula is C11H24B. The summed E-state index contributed by atoms with van der Waals surface area (Å²) >= 11 is 0. The van der Waals surface area contributed by atoms with Gasteiger partial charge in [-0.15, -0.1) is 0 Å². The first kappa shape index (κ1) is 12.1. The highest BCUT2D eigenvalue weighted by Gasteiger charge is 2.22. The molecule has 0 spiro atoms. The van der Waals surface area contributed by atoms with E-state index in [1.807, 2.05) is 0 Å². The van der Waals surface area contributed by atoms with Crippen LogP contribution in [0, 0.1) is 11.3 Å². The van der Waals surface area contributed by atoms with Gasteiger partial charge in [-0.3, -0.25) is 0 Å². The van der Waals surface area contributed by atoms with Gasteiger partial charge in [-0.2, -0.15) is 0 Å². The van der Waals surface area contributed by atoms with Crippen molar-refractivity contribution < 1.29 is 0 Å². The molecule has 0 heterocycles. The summed E-state index contributed by atoms with van der Waals surface area (Å²) in [5.41, 5.74) is 0.535. The Bertz CT molecular complexity index is 108. The van der Waals surface area contributed by atoms with E-state index in [0.29, 0.717) is 5.41 Å². The van der Waals surface area contributed by atoms with E-state index < -0.39 is 0 Å². The van der Waals surface area contributed by atoms with Crippen LogP contribution in [0.1, 0.15) is 47.0 Å². The Balaban J connectivity index is 3.63. The summed E-state index contributed by atoms with van der Waals surface area (Å²) in [4.78, 5) is 0. The second kappa shape index (κ2) is 5.67. The van der Waals surface area contributed by atoms with Gasteiger partial charge in [-0.05, 0) is 11.3 Å². The van der Waals surface area contributed by atoms with Crippen LogP contribution >= 0.6 is 0 Å². The van der Waals surface area contributed by atoms with Gasteiger partial charge in [-0.1, -0.05) is 60.1 Å². The lowest BCUT2D eigenvalue weighted by Crippen LogP contribution is -2.20. The predicted octanol–water partition coefficient (Wildman–Crippen LogP) is 4.01. The fourth-order valence-electron chi connectivity index (χ4n) is 1.37. The van der Waals surface area contributed by atoms with Gasteiger partial charge in [0.1, 0.15) is 7.28 Å². The van der Waals surface area contributed by atoms with E-state index in [9.17, 15) is 0 Å². The maximum atomic E-state index is 2.39. The van der Waals surface area contributed by atoms with Crippen molar-refractivity contribution in [1.82, 2.24) is 0 Å². The molecule has 0 saturated carbocycles. The van der Waals surface area contributed by atoms with E-state index in [1.54, 1.807) is 0 Å². The van der Waals surface area contributed by atoms with Gasteiger partial charge in [0.25, 0.3) is 0 Å². The second-order valence-electron chi connectivity index (χ2n) is 4.58. The molecule has 0 aromatic carbocycles. The van der Waals surface area contributed by atoms with Crippen molar-refractivity contribution in [2.75, 3.05) is 0 Å². The molecule has 0 aromatic rings. The van der Waals surface area contributed by atoms with Crippen molar-refractivity contribution in [1.29, 1.82) is 0 Å². The fraction of sp³-hybridized carbons (Fsp3) is 1.00. The molecule has 0 rings (SSSR count). The second-order valence-corrected chi connectivity index (χ2v) is 4.58. The lowest BCUT2D eigenvalue weighted by molar-refractivity contribution is 0.208. The molecule has 0 fully saturated rings. The summed E-state index contributed by atoms with van der Waals surface area (Å²) in [6.45, 7) is 11.6. The third kappa shape index (κ3) is 4.18. The Morgan fingerprint density at radius 3 is 2.33 bits per heavy atom. The van der Waals surface area contributed by atoms with Gasteiger partial charge in [0.2, 0.25) is 0 Å². The Kier molecular flexibility index (Phi) is 5.70. The van der Waals surface area contributed by atoms with Crippen LogP contribution in [0.15, 0.2) is 0 Å². The van der Waals surface area contributed by atoms with Crippen LogP contribution in [0.4, 0.5) is 0 Å². The van der Waals surface area contributed by atoms with Crippen molar-refractivity contribution in [3.05, 3.63) is 0 Å². The monoisotopic (exact) mass is 167 g/mol. The zero-order chi connectivity index (χ0) is 9.61. The highest BCUT2D eigenvalue weighted by atomic mass is 14.3. The minimum absolute atomic E-state index is 0.535. The van der Waals surface area contributed by atoms with Crippen molar-refractivity contribution in [2.45, 2.75) is 60.1 Å². The average Bonchev–Trinajstić information content (AvgIpc) is 2.05. The summed E-state index contributed by atoms with van der Waals surface area (Å²) in [6, 6.07) is 0. The molecule has 71 valence electrons. The minimum atomic E-state index is 0.535. The SMILES string of the molecule is C[B]CCCC(C)C(C)(C)CC. The summed E-state index contributed by atoms with van der Waals surface area (Å²) in [5.74, 6) is 0.863. The van der Waals surface area contributed by atoms with Crippen LogP contribution in [-0.4, -0.2) is 7.28 Å². The highest BCUT2D eigenvalue weighted by Crippen LogP contribution is 2.33. The van der Waals surface area contributed by atoms with E-state index in [1.165, 1.54) is 25.6 Å². The first-order chi connectivity index (χ1) is 5.54. The number of hydrogen-bond acceptors (Lipinski definition) is 0. The van der Waals surface area contributed by atoms with Crippen molar-refractivity contribution in [3.8, 4) is 0 Å². The molecule has 1 heteroatoms. The van der Waals surface area contributed by atoms with Gasteiger partial charge in [-0.25, -0.2) is 0 Å². The molecule has 0 aromatic heterocycles. The topological polar surface area (TPSA) is 0 Å². The molecule has 1 atom stereocenters. The molecule has 1 unspecified atom stereocenters. The van der Waals surface area contributed by atoms with Crippen LogP contribution in [0.5, 0.6) is 0 Å². The molecule has 0 aliphatic carbocycles. The van der Waals surface area contributed by atoms with E-state index in [-0.39, 0.29) is 0 Å². The molecule has 12 heavy (non-hydrogen) atoms. The number of rotatable bonds is 6. The number of hydrogen-bond donors (Lipinski definition) is 0. The van der Waals surface area contributed by atoms with E-state index >= 15 is 0 Å². The van der Waals surface area contributed by atoms with Crippen LogP contribution in [-0.2, 0) is 0 Å². The molecule has 0 N–H and O–H groups in total. The molecule has 0 nitrogen and oxygen atoms in total. The lowest BCUT2D eigenvalue weighted by atomic mass is 9.71. The average molecular weight is 167 g/mol. The van der Waals surface area contributed by atoms with Gasteiger partial charge in [0.15, 0.2) is 0 Å². The Hall–Kier alpha value is 0.0649. The zero-order valence-electron chi connectivity index (χ0n) is 9.48. The Labute approximate surface area is 79.4 Å². The molecule has 0 bridgehead atoms. The van der Waals surface area contributed by atoms with Crippen molar-refractivity contribution >= 4 is 7.28 Å². The standard InChI is InChI=1S/C11H24B/c1-6-11(3,4)10(2)8-7-9-12-5/h10H,6-9H2,1-5H3. The zero-order valence-corrected chi connectivity index (χ0v) is 9.48. The first-order valence-corrected chi connectivity index (χ1v) is 5.32. The lowest BCUT2D eigenvalue weighted by Gasteiger charge is -2.30. The Morgan fingerprint density at radius 1 is 1.33 bits per heavy atom. The van der Waals surface area contributed by atoms with E-state index in [4.69, 9.17) is 0 Å². The molecule has 0 aliphatic rings. The van der Waals surface area contributed by atoms with Crippen LogP contribution in [0.2, 0.25) is 13.1 Å². The highest BCUT2D eigenvalue weighted by molar-refractivity contribution is 6.33. The smallest absolute Gasteiger partial charge is 0.0920 e. The summed E-state index contributed by atoms with van der Waals surface area (Å²) < 4.78 is 0. The van der Waals surface area contributed by atoms with Crippen LogP contribution in [0.3, 0.4) is 0 Å². The summed E-state index contributed by atoms with van der Waals surface area (Å²) in [7, 11) is 2.27. The van der Waals surface area contributed by atoms with Crippen LogP contribution < -0.4 is 0 Å². The Morgan fingerprint density at radius 2 is 1.92 bits per heavy atom. The fourth-order valence-corrected chi connectivity index (χ4v) is 1.37. The van der Waals surface area contributed by atoms with Gasteiger partial charge >= 0.3 is 0 Å². The van der Waals surface area contributed by atoms with E-state index in [2.05, 4.69) is 41.8 Å². The largest absolute Gasteiger partial charge is 0.105 e. The third-order valence-electron chi connectivity index (χ3n) is 3.38. The molecule has 0 saturated heterocycles. The van der Waals surface area contributed by atoms with Crippen molar-refractivity contribution in [3.63, 3.8) is 0 Å². The normalized spacial score (nSPS) is 14.4. The molecule has 0 amide bonds. The first-order valence-electron chi connectivity index (χ1n) is 5.32. The van der Waals surface area contributed by atoms with Crippen LogP contribution in [0.25, 0.3) is 0 Å². The third-order valence-corrected chi connectivity index (χ3v) is 3.38.